The minimum Gasteiger partial charge on any atom is -0.379 e. The highest BCUT2D eigenvalue weighted by atomic mass is 35.5. The summed E-state index contributed by atoms with van der Waals surface area (Å²) >= 11 is 6.30. The van der Waals surface area contributed by atoms with E-state index in [-0.39, 0.29) is 11.3 Å². The van der Waals surface area contributed by atoms with Crippen molar-refractivity contribution in [3.63, 3.8) is 0 Å². The number of amides is 1. The third-order valence-corrected chi connectivity index (χ3v) is 7.79. The summed E-state index contributed by atoms with van der Waals surface area (Å²) in [5.74, 6) is 0.680. The predicted molar refractivity (Wildman–Crippen MR) is 116 cm³/mol. The second-order valence-corrected chi connectivity index (χ2v) is 9.27. The Balaban J connectivity index is 1.47. The monoisotopic (exact) mass is 419 g/mol. The fourth-order valence-electron chi connectivity index (χ4n) is 5.63. The molecule has 2 aliphatic heterocycles. The molecule has 0 spiro atoms. The average Bonchev–Trinajstić information content (AvgIpc) is 2.78. The van der Waals surface area contributed by atoms with E-state index in [1.807, 2.05) is 24.3 Å². The molecule has 1 amide bonds. The molecule has 2 heterocycles. The van der Waals surface area contributed by atoms with Crippen LogP contribution < -0.4 is 5.32 Å². The molecular weight excluding hydrogens is 386 g/mol. The fraction of sp³-hybridized carbons (Fsp3) is 0.696. The molecule has 0 radical (unpaired) electrons. The predicted octanol–water partition coefficient (Wildman–Crippen LogP) is 3.17. The van der Waals surface area contributed by atoms with Gasteiger partial charge in [0.1, 0.15) is 0 Å². The molecule has 1 aromatic carbocycles. The van der Waals surface area contributed by atoms with Crippen LogP contribution in [0, 0.1) is 11.3 Å². The average molecular weight is 420 g/mol. The van der Waals surface area contributed by atoms with Gasteiger partial charge in [-0.3, -0.25) is 9.69 Å². The summed E-state index contributed by atoms with van der Waals surface area (Å²) in [5.41, 5.74) is 0.721. The number of likely N-dealkylation sites (tertiary alicyclic amines) is 1. The van der Waals surface area contributed by atoms with Gasteiger partial charge in [-0.25, -0.2) is 0 Å². The maximum atomic E-state index is 13.6. The number of benzene rings is 1. The van der Waals surface area contributed by atoms with Crippen molar-refractivity contribution in [2.45, 2.75) is 45.2 Å². The van der Waals surface area contributed by atoms with Gasteiger partial charge in [0.2, 0.25) is 5.91 Å². The zero-order valence-corrected chi connectivity index (χ0v) is 18.3. The van der Waals surface area contributed by atoms with Gasteiger partial charge in [0.15, 0.2) is 0 Å². The van der Waals surface area contributed by atoms with E-state index in [9.17, 15) is 4.79 Å². The van der Waals surface area contributed by atoms with Gasteiger partial charge in [0.25, 0.3) is 0 Å². The molecular formula is C23H34ClN3O2. The molecule has 1 saturated carbocycles. The summed E-state index contributed by atoms with van der Waals surface area (Å²) in [6.45, 7) is 9.46. The highest BCUT2D eigenvalue weighted by Gasteiger charge is 2.52. The number of carbonyl (C=O) groups excluding carboxylic acids is 1. The van der Waals surface area contributed by atoms with Gasteiger partial charge in [-0.2, -0.15) is 0 Å². The second kappa shape index (κ2) is 9.34. The molecule has 3 aliphatic rings. The van der Waals surface area contributed by atoms with Crippen LogP contribution in [0.3, 0.4) is 0 Å². The molecule has 6 heteroatoms. The minimum absolute atomic E-state index is 0.223. The summed E-state index contributed by atoms with van der Waals surface area (Å²) in [5, 5.41) is 3.97. The lowest BCUT2D eigenvalue weighted by Crippen LogP contribution is -2.60. The summed E-state index contributed by atoms with van der Waals surface area (Å²) in [4.78, 5) is 18.6. The first-order valence-electron chi connectivity index (χ1n) is 11.2. The number of nitrogens with zero attached hydrogens (tertiary/aromatic N) is 2. The highest BCUT2D eigenvalue weighted by Crippen LogP contribution is 2.48. The van der Waals surface area contributed by atoms with E-state index in [4.69, 9.17) is 16.3 Å². The normalized spacial score (nSPS) is 31.2. The quantitative estimate of drug-likeness (QED) is 0.796. The number of halogens is 1. The van der Waals surface area contributed by atoms with Crippen molar-refractivity contribution in [3.05, 3.63) is 34.9 Å². The first kappa shape index (κ1) is 21.1. The molecule has 0 bridgehead atoms. The van der Waals surface area contributed by atoms with Gasteiger partial charge >= 0.3 is 0 Å². The van der Waals surface area contributed by atoms with E-state index < -0.39 is 0 Å². The number of fused-ring (bicyclic) bond motifs is 1. The number of morpholine rings is 1. The molecule has 0 aromatic heterocycles. The summed E-state index contributed by atoms with van der Waals surface area (Å²) < 4.78 is 5.54. The van der Waals surface area contributed by atoms with E-state index >= 15 is 0 Å². The Morgan fingerprint density at radius 2 is 2.03 bits per heavy atom. The van der Waals surface area contributed by atoms with E-state index in [2.05, 4.69) is 22.0 Å². The largest absolute Gasteiger partial charge is 0.379 e. The third kappa shape index (κ3) is 4.48. The number of carbonyl (C=O) groups is 1. The first-order chi connectivity index (χ1) is 14.1. The Morgan fingerprint density at radius 3 is 2.79 bits per heavy atom. The van der Waals surface area contributed by atoms with Crippen LogP contribution in [0.4, 0.5) is 0 Å². The van der Waals surface area contributed by atoms with Crippen LogP contribution in [0.5, 0.6) is 0 Å². The number of rotatable bonds is 5. The van der Waals surface area contributed by atoms with E-state index in [0.717, 1.165) is 82.2 Å². The molecule has 0 unspecified atom stereocenters. The van der Waals surface area contributed by atoms with Crippen molar-refractivity contribution in [1.82, 2.24) is 15.1 Å². The number of hydrogen-bond acceptors (Lipinski definition) is 4. The van der Waals surface area contributed by atoms with Crippen LogP contribution in [0.15, 0.2) is 24.3 Å². The Morgan fingerprint density at radius 1 is 1.24 bits per heavy atom. The van der Waals surface area contributed by atoms with Gasteiger partial charge < -0.3 is 15.0 Å². The number of piperidine rings is 1. The van der Waals surface area contributed by atoms with Crippen LogP contribution in [0.2, 0.25) is 5.02 Å². The summed E-state index contributed by atoms with van der Waals surface area (Å²) in [6.07, 6.45) is 4.34. The van der Waals surface area contributed by atoms with Gasteiger partial charge in [-0.05, 0) is 56.3 Å². The summed E-state index contributed by atoms with van der Waals surface area (Å²) in [6, 6.07) is 8.38. The Bertz CT molecular complexity index is 709. The Labute approximate surface area is 179 Å². The number of nitrogens with one attached hydrogen (secondary N) is 1. The van der Waals surface area contributed by atoms with Crippen molar-refractivity contribution in [3.8, 4) is 0 Å². The standard InChI is InChI=1S/C23H34ClN3O2/c1-2-26-10-8-19-15-20(27-11-13-29-14-12-27)7-9-23(19,17-26)22(28)25-16-18-5-3-4-6-21(18)24/h3-6,19-20H,2,7-17H2,1H3,(H,25,28)/t19-,20+,23-/m1/s1. The van der Waals surface area contributed by atoms with Gasteiger partial charge in [-0.1, -0.05) is 36.7 Å². The molecule has 1 aromatic rings. The molecule has 1 N–H and O–H groups in total. The van der Waals surface area contributed by atoms with Crippen molar-refractivity contribution in [2.24, 2.45) is 11.3 Å². The maximum Gasteiger partial charge on any atom is 0.228 e. The molecule has 29 heavy (non-hydrogen) atoms. The number of ether oxygens (including phenoxy) is 1. The SMILES string of the molecule is CCN1CC[C@@H]2C[C@@H](N3CCOCC3)CC[C@@]2(C(=O)NCc2ccccc2Cl)C1. The third-order valence-electron chi connectivity index (χ3n) is 7.42. The van der Waals surface area contributed by atoms with Crippen LogP contribution >= 0.6 is 11.6 Å². The van der Waals surface area contributed by atoms with E-state index in [0.29, 0.717) is 18.5 Å². The molecule has 4 rings (SSSR count). The molecule has 3 atom stereocenters. The fourth-order valence-corrected chi connectivity index (χ4v) is 5.83. The first-order valence-corrected chi connectivity index (χ1v) is 11.6. The van der Waals surface area contributed by atoms with Crippen molar-refractivity contribution < 1.29 is 9.53 Å². The molecule has 3 fully saturated rings. The molecule has 160 valence electrons. The van der Waals surface area contributed by atoms with E-state index in [1.165, 1.54) is 0 Å². The maximum absolute atomic E-state index is 13.6. The lowest BCUT2D eigenvalue weighted by molar-refractivity contribution is -0.145. The Kier molecular flexibility index (Phi) is 6.80. The molecule has 2 saturated heterocycles. The van der Waals surface area contributed by atoms with Crippen molar-refractivity contribution in [2.75, 3.05) is 45.9 Å². The van der Waals surface area contributed by atoms with Crippen LogP contribution in [-0.2, 0) is 16.1 Å². The number of hydrogen-bond donors (Lipinski definition) is 1. The second-order valence-electron chi connectivity index (χ2n) is 8.86. The lowest BCUT2D eigenvalue weighted by atomic mass is 9.61. The van der Waals surface area contributed by atoms with Gasteiger partial charge in [0.05, 0.1) is 18.6 Å². The minimum atomic E-state index is -0.266. The lowest BCUT2D eigenvalue weighted by Gasteiger charge is -2.53. The molecule has 1 aliphatic carbocycles. The Hall–Kier alpha value is -1.14. The van der Waals surface area contributed by atoms with Crippen LogP contribution in [0.25, 0.3) is 0 Å². The highest BCUT2D eigenvalue weighted by molar-refractivity contribution is 6.31. The summed E-state index contributed by atoms with van der Waals surface area (Å²) in [7, 11) is 0. The topological polar surface area (TPSA) is 44.8 Å². The molecule has 5 nitrogen and oxygen atoms in total. The zero-order valence-electron chi connectivity index (χ0n) is 17.5. The van der Waals surface area contributed by atoms with E-state index in [1.54, 1.807) is 0 Å². The van der Waals surface area contributed by atoms with Crippen LogP contribution in [-0.4, -0.2) is 67.7 Å². The van der Waals surface area contributed by atoms with Crippen molar-refractivity contribution in [1.29, 1.82) is 0 Å². The van der Waals surface area contributed by atoms with Crippen molar-refractivity contribution >= 4 is 17.5 Å². The van der Waals surface area contributed by atoms with Gasteiger partial charge in [-0.15, -0.1) is 0 Å². The van der Waals surface area contributed by atoms with Gasteiger partial charge in [0, 0.05) is 37.2 Å². The van der Waals surface area contributed by atoms with Crippen LogP contribution in [0.1, 0.15) is 38.2 Å². The smallest absolute Gasteiger partial charge is 0.228 e. The zero-order chi connectivity index (χ0) is 20.3.